The molecule has 168 valence electrons. The van der Waals surface area contributed by atoms with Gasteiger partial charge in [-0.3, -0.25) is 19.0 Å². The van der Waals surface area contributed by atoms with Gasteiger partial charge in [0.25, 0.3) is 11.5 Å². The van der Waals surface area contributed by atoms with Crippen LogP contribution < -0.4 is 20.3 Å². The number of ether oxygens (including phenoxy) is 2. The Bertz CT molecular complexity index is 1410. The average molecular weight is 464 g/mol. The first kappa shape index (κ1) is 22.2. The molecule has 0 saturated carbocycles. The molecular weight excluding hydrogens is 442 g/mol. The van der Waals surface area contributed by atoms with Gasteiger partial charge in [0.2, 0.25) is 0 Å². The summed E-state index contributed by atoms with van der Waals surface area (Å²) in [5.74, 6) is 0.574. The summed E-state index contributed by atoms with van der Waals surface area (Å²) >= 11 is 1.13. The van der Waals surface area contributed by atoms with Gasteiger partial charge in [0, 0.05) is 5.56 Å². The Morgan fingerprint density at radius 1 is 1.06 bits per heavy atom. The Labute approximate surface area is 193 Å². The number of ketones is 1. The maximum atomic E-state index is 13.1. The first-order valence-corrected chi connectivity index (χ1v) is 10.8. The molecule has 2 aromatic carbocycles. The molecule has 0 atom stereocenters. The lowest BCUT2D eigenvalue weighted by molar-refractivity contribution is 0.0969. The maximum Gasteiger partial charge on any atom is 0.266 e. The number of para-hydroxylation sites is 2. The molecule has 0 spiro atoms. The molecule has 0 aliphatic heterocycles. The summed E-state index contributed by atoms with van der Waals surface area (Å²) < 4.78 is 11.6. The lowest BCUT2D eigenvalue weighted by Gasteiger charge is -2.09. The number of methoxy groups -OCH3 is 2. The minimum absolute atomic E-state index is 0.161. The van der Waals surface area contributed by atoms with Crippen molar-refractivity contribution < 1.29 is 19.1 Å². The van der Waals surface area contributed by atoms with Crippen molar-refractivity contribution in [1.82, 2.24) is 9.55 Å². The molecule has 0 aliphatic rings. The van der Waals surface area contributed by atoms with Crippen molar-refractivity contribution in [3.8, 4) is 11.5 Å². The largest absolute Gasteiger partial charge is 0.497 e. The zero-order valence-corrected chi connectivity index (χ0v) is 19.1. The van der Waals surface area contributed by atoms with E-state index < -0.39 is 0 Å². The molecule has 33 heavy (non-hydrogen) atoms. The van der Waals surface area contributed by atoms with E-state index in [2.05, 4.69) is 10.3 Å². The summed E-state index contributed by atoms with van der Waals surface area (Å²) in [7, 11) is 3.07. The van der Waals surface area contributed by atoms with E-state index in [1.165, 1.54) is 18.0 Å². The molecule has 1 amide bonds. The Morgan fingerprint density at radius 2 is 1.79 bits per heavy atom. The molecule has 0 bridgehead atoms. The predicted molar refractivity (Wildman–Crippen MR) is 127 cm³/mol. The van der Waals surface area contributed by atoms with Crippen LogP contribution in [0.5, 0.6) is 11.5 Å². The number of fused-ring (bicyclic) bond motifs is 1. The van der Waals surface area contributed by atoms with Crippen molar-refractivity contribution in [3.63, 3.8) is 0 Å². The third-order valence-corrected chi connectivity index (χ3v) is 6.40. The van der Waals surface area contributed by atoms with Gasteiger partial charge >= 0.3 is 0 Å². The molecule has 2 aromatic heterocycles. The first-order chi connectivity index (χ1) is 15.9. The average Bonchev–Trinajstić information content (AvgIpc) is 3.18. The highest BCUT2D eigenvalue weighted by Crippen LogP contribution is 2.29. The van der Waals surface area contributed by atoms with E-state index in [1.54, 1.807) is 62.6 Å². The third kappa shape index (κ3) is 4.35. The molecule has 9 heteroatoms. The Balaban J connectivity index is 1.63. The molecule has 8 nitrogen and oxygen atoms in total. The van der Waals surface area contributed by atoms with Gasteiger partial charge in [-0.05, 0) is 48.9 Å². The summed E-state index contributed by atoms with van der Waals surface area (Å²) in [5, 5.41) is 3.15. The van der Waals surface area contributed by atoms with E-state index in [1.807, 2.05) is 0 Å². The molecule has 0 saturated heterocycles. The minimum atomic E-state index is -0.369. The zero-order chi connectivity index (χ0) is 23.5. The number of aromatic nitrogens is 2. The van der Waals surface area contributed by atoms with Crippen molar-refractivity contribution in [2.75, 3.05) is 19.5 Å². The van der Waals surface area contributed by atoms with Gasteiger partial charge in [-0.2, -0.15) is 0 Å². The van der Waals surface area contributed by atoms with Crippen LogP contribution in [-0.4, -0.2) is 35.5 Å². The number of amides is 1. The number of hydrogen-bond acceptors (Lipinski definition) is 7. The number of carbonyl (C=O) groups excluding carboxylic acids is 2. The number of benzene rings is 2. The molecule has 4 rings (SSSR count). The van der Waals surface area contributed by atoms with Crippen molar-refractivity contribution >= 4 is 38.9 Å². The number of rotatable bonds is 7. The van der Waals surface area contributed by atoms with Crippen LogP contribution in [0.2, 0.25) is 0 Å². The van der Waals surface area contributed by atoms with Crippen molar-refractivity contribution in [3.05, 3.63) is 81.2 Å². The zero-order valence-electron chi connectivity index (χ0n) is 18.2. The maximum absolute atomic E-state index is 13.1. The van der Waals surface area contributed by atoms with Crippen LogP contribution in [0.3, 0.4) is 0 Å². The molecule has 0 aliphatic carbocycles. The second-order valence-corrected chi connectivity index (χ2v) is 8.22. The fraction of sp³-hybridized carbons (Fsp3) is 0.167. The highest BCUT2D eigenvalue weighted by molar-refractivity contribution is 7.20. The van der Waals surface area contributed by atoms with Gasteiger partial charge in [0.05, 0.1) is 43.0 Å². The van der Waals surface area contributed by atoms with Gasteiger partial charge in [0.1, 0.15) is 16.3 Å². The molecular formula is C24H21N3O5S. The number of aryl methyl sites for hydroxylation is 1. The predicted octanol–water partition coefficient (Wildman–Crippen LogP) is 3.92. The number of thiophene rings is 1. The summed E-state index contributed by atoms with van der Waals surface area (Å²) in [6.07, 6.45) is 1.34. The van der Waals surface area contributed by atoms with Gasteiger partial charge in [-0.15, -0.1) is 11.3 Å². The van der Waals surface area contributed by atoms with Crippen LogP contribution in [0.4, 0.5) is 5.69 Å². The van der Waals surface area contributed by atoms with Gasteiger partial charge < -0.3 is 14.8 Å². The number of nitrogens with zero attached hydrogens (tertiary/aromatic N) is 2. The number of nitrogens with one attached hydrogen (secondary N) is 1. The standard InChI is InChI=1S/C24H21N3O5S/c1-14-20-23(33-21(14)22(29)26-17-6-4-5-7-19(17)32-3)25-13-27(24(20)30)12-18(28)15-8-10-16(31-2)11-9-15/h4-11,13H,12H2,1-3H3,(H,26,29). The molecule has 0 unspecified atom stereocenters. The molecule has 0 fully saturated rings. The quantitative estimate of drug-likeness (QED) is 0.417. The van der Waals surface area contributed by atoms with E-state index in [0.29, 0.717) is 43.4 Å². The van der Waals surface area contributed by atoms with Crippen LogP contribution in [0.15, 0.2) is 59.7 Å². The van der Waals surface area contributed by atoms with Crippen molar-refractivity contribution in [2.24, 2.45) is 0 Å². The normalized spacial score (nSPS) is 10.8. The monoisotopic (exact) mass is 463 g/mol. The molecule has 0 radical (unpaired) electrons. The number of Topliss-reactive ketones (excluding diaryl/α,β-unsaturated/α-hetero) is 1. The van der Waals surface area contributed by atoms with Crippen molar-refractivity contribution in [2.45, 2.75) is 13.5 Å². The second kappa shape index (κ2) is 9.25. The fourth-order valence-corrected chi connectivity index (χ4v) is 4.47. The van der Waals surface area contributed by atoms with Gasteiger partial charge in [0.15, 0.2) is 5.78 Å². The molecule has 1 N–H and O–H groups in total. The smallest absolute Gasteiger partial charge is 0.266 e. The summed E-state index contributed by atoms with van der Waals surface area (Å²) in [6, 6.07) is 13.7. The Kier molecular flexibility index (Phi) is 6.23. The summed E-state index contributed by atoms with van der Waals surface area (Å²) in [6.45, 7) is 1.54. The number of carbonyl (C=O) groups is 2. The fourth-order valence-electron chi connectivity index (χ4n) is 3.44. The lowest BCUT2D eigenvalue weighted by Crippen LogP contribution is -2.24. The van der Waals surface area contributed by atoms with E-state index >= 15 is 0 Å². The second-order valence-electron chi connectivity index (χ2n) is 7.22. The van der Waals surface area contributed by atoms with Crippen LogP contribution >= 0.6 is 11.3 Å². The van der Waals surface area contributed by atoms with Crippen LogP contribution in [0.1, 0.15) is 25.6 Å². The summed E-state index contributed by atoms with van der Waals surface area (Å²) in [5.41, 5.74) is 1.14. The van der Waals surface area contributed by atoms with Crippen LogP contribution in [0, 0.1) is 6.92 Å². The number of hydrogen-bond donors (Lipinski definition) is 1. The lowest BCUT2D eigenvalue weighted by atomic mass is 10.1. The molecule has 4 aromatic rings. The number of anilines is 1. The summed E-state index contributed by atoms with van der Waals surface area (Å²) in [4.78, 5) is 43.8. The topological polar surface area (TPSA) is 99.5 Å². The van der Waals surface area contributed by atoms with E-state index in [0.717, 1.165) is 11.3 Å². The van der Waals surface area contributed by atoms with Gasteiger partial charge in [-0.1, -0.05) is 12.1 Å². The Hall–Kier alpha value is -3.98. The third-order valence-electron chi connectivity index (χ3n) is 5.20. The van der Waals surface area contributed by atoms with E-state index in [-0.39, 0.29) is 23.8 Å². The molecule has 2 heterocycles. The Morgan fingerprint density at radius 3 is 2.48 bits per heavy atom. The first-order valence-electron chi connectivity index (χ1n) is 10.0. The van der Waals surface area contributed by atoms with Crippen LogP contribution in [0.25, 0.3) is 10.2 Å². The van der Waals surface area contributed by atoms with E-state index in [9.17, 15) is 14.4 Å². The van der Waals surface area contributed by atoms with Crippen molar-refractivity contribution in [1.29, 1.82) is 0 Å². The highest BCUT2D eigenvalue weighted by atomic mass is 32.1. The van der Waals surface area contributed by atoms with E-state index in [4.69, 9.17) is 9.47 Å². The minimum Gasteiger partial charge on any atom is -0.497 e. The van der Waals surface area contributed by atoms with Crippen LogP contribution in [-0.2, 0) is 6.54 Å². The SMILES string of the molecule is COc1ccc(C(=O)Cn2cnc3sc(C(=O)Nc4ccccc4OC)c(C)c3c2=O)cc1. The highest BCUT2D eigenvalue weighted by Gasteiger charge is 2.21. The van der Waals surface area contributed by atoms with Gasteiger partial charge in [-0.25, -0.2) is 4.98 Å².